The number of halogens is 3. The number of amides is 1. The normalized spacial score (nSPS) is 22.3. The number of carbonyl (C=O) groups is 1. The SMILES string of the molecule is O=C(OCc1ccccc1)N1C(CC(F)(F)F)CO[S@]1=O. The molecule has 1 heterocycles. The van der Waals surface area contributed by atoms with Crippen molar-refractivity contribution in [3.8, 4) is 0 Å². The molecule has 9 heteroatoms. The van der Waals surface area contributed by atoms with E-state index in [1.165, 1.54) is 0 Å². The summed E-state index contributed by atoms with van der Waals surface area (Å²) >= 11 is -2.25. The Labute approximate surface area is 121 Å². The van der Waals surface area contributed by atoms with Crippen molar-refractivity contribution in [1.82, 2.24) is 4.31 Å². The van der Waals surface area contributed by atoms with Gasteiger partial charge in [-0.25, -0.2) is 9.00 Å². The standard InChI is InChI=1S/C12H12F3NO4S/c13-12(14,15)6-10-8-20-21(18)16(10)11(17)19-7-9-4-2-1-3-5-9/h1-5,10H,6-8H2/t10?,21-/m1/s1. The van der Waals surface area contributed by atoms with Crippen LogP contribution in [0.2, 0.25) is 0 Å². The van der Waals surface area contributed by atoms with Crippen molar-refractivity contribution < 1.29 is 31.1 Å². The summed E-state index contributed by atoms with van der Waals surface area (Å²) in [7, 11) is 0. The lowest BCUT2D eigenvalue weighted by Gasteiger charge is -2.20. The molecule has 1 saturated heterocycles. The van der Waals surface area contributed by atoms with E-state index in [-0.39, 0.29) is 6.61 Å². The maximum atomic E-state index is 12.4. The molecule has 1 fully saturated rings. The average Bonchev–Trinajstić information content (AvgIpc) is 2.76. The smallest absolute Gasteiger partial charge is 0.424 e. The molecular formula is C12H12F3NO4S. The van der Waals surface area contributed by atoms with Gasteiger partial charge in [0.15, 0.2) is 0 Å². The van der Waals surface area contributed by atoms with Gasteiger partial charge in [0.05, 0.1) is 19.1 Å². The zero-order valence-corrected chi connectivity index (χ0v) is 11.5. The van der Waals surface area contributed by atoms with Gasteiger partial charge in [-0.05, 0) is 5.56 Å². The fourth-order valence-electron chi connectivity index (χ4n) is 1.78. The lowest BCUT2D eigenvalue weighted by atomic mass is 10.2. The predicted octanol–water partition coefficient (Wildman–Crippen LogP) is 2.56. The topological polar surface area (TPSA) is 55.8 Å². The first-order chi connectivity index (χ1) is 9.87. The fourth-order valence-corrected chi connectivity index (χ4v) is 2.73. The van der Waals surface area contributed by atoms with Crippen molar-refractivity contribution in [2.75, 3.05) is 6.61 Å². The summed E-state index contributed by atoms with van der Waals surface area (Å²) in [5.41, 5.74) is 0.670. The molecule has 2 atom stereocenters. The second-order valence-electron chi connectivity index (χ2n) is 4.34. The number of nitrogens with zero attached hydrogens (tertiary/aromatic N) is 1. The minimum Gasteiger partial charge on any atom is -0.444 e. The van der Waals surface area contributed by atoms with Crippen LogP contribution in [-0.4, -0.2) is 33.4 Å². The van der Waals surface area contributed by atoms with Gasteiger partial charge in [-0.3, -0.25) is 4.18 Å². The van der Waals surface area contributed by atoms with Crippen LogP contribution in [0.25, 0.3) is 0 Å². The number of hydrogen-bond donors (Lipinski definition) is 0. The van der Waals surface area contributed by atoms with Gasteiger partial charge < -0.3 is 4.74 Å². The number of alkyl halides is 3. The molecule has 5 nitrogen and oxygen atoms in total. The van der Waals surface area contributed by atoms with E-state index in [2.05, 4.69) is 4.18 Å². The van der Waals surface area contributed by atoms with Crippen LogP contribution in [0, 0.1) is 0 Å². The van der Waals surface area contributed by atoms with E-state index in [0.29, 0.717) is 9.87 Å². The van der Waals surface area contributed by atoms with Gasteiger partial charge in [0.2, 0.25) is 0 Å². The molecule has 1 aliphatic rings. The number of hydrogen-bond acceptors (Lipinski definition) is 4. The first kappa shape index (κ1) is 15.8. The molecule has 0 N–H and O–H groups in total. The molecule has 0 spiro atoms. The van der Waals surface area contributed by atoms with Crippen molar-refractivity contribution in [2.24, 2.45) is 0 Å². The lowest BCUT2D eigenvalue weighted by Crippen LogP contribution is -2.39. The lowest BCUT2D eigenvalue weighted by molar-refractivity contribution is -0.142. The average molecular weight is 323 g/mol. The van der Waals surface area contributed by atoms with Gasteiger partial charge in [-0.2, -0.15) is 17.5 Å². The number of carbonyl (C=O) groups excluding carboxylic acids is 1. The van der Waals surface area contributed by atoms with Crippen molar-refractivity contribution in [3.63, 3.8) is 0 Å². The Balaban J connectivity index is 1.97. The second kappa shape index (κ2) is 6.44. The first-order valence-electron chi connectivity index (χ1n) is 5.98. The highest BCUT2D eigenvalue weighted by atomic mass is 32.2. The molecule has 1 aromatic rings. The fraction of sp³-hybridized carbons (Fsp3) is 0.417. The van der Waals surface area contributed by atoms with E-state index < -0.39 is 42.6 Å². The van der Waals surface area contributed by atoms with Crippen molar-refractivity contribution in [3.05, 3.63) is 35.9 Å². The van der Waals surface area contributed by atoms with Crippen LogP contribution >= 0.6 is 0 Å². The van der Waals surface area contributed by atoms with Crippen LogP contribution in [0.1, 0.15) is 12.0 Å². The number of rotatable bonds is 3. The Hall–Kier alpha value is -1.61. The summed E-state index contributed by atoms with van der Waals surface area (Å²) < 4.78 is 58.6. The van der Waals surface area contributed by atoms with Crippen molar-refractivity contribution in [1.29, 1.82) is 0 Å². The van der Waals surface area contributed by atoms with Crippen molar-refractivity contribution >= 4 is 17.4 Å². The molecular weight excluding hydrogens is 311 g/mol. The van der Waals surface area contributed by atoms with Crippen LogP contribution in [-0.2, 0) is 26.8 Å². The van der Waals surface area contributed by atoms with Crippen LogP contribution in [0.5, 0.6) is 0 Å². The number of ether oxygens (including phenoxy) is 1. The van der Waals surface area contributed by atoms with E-state index in [1.807, 2.05) is 0 Å². The van der Waals surface area contributed by atoms with Crippen molar-refractivity contribution in [2.45, 2.75) is 25.2 Å². The summed E-state index contributed by atoms with van der Waals surface area (Å²) in [5.74, 6) is 0. The van der Waals surface area contributed by atoms with Crippen LogP contribution < -0.4 is 0 Å². The van der Waals surface area contributed by atoms with E-state index >= 15 is 0 Å². The molecule has 1 aromatic carbocycles. The maximum Gasteiger partial charge on any atom is 0.424 e. The van der Waals surface area contributed by atoms with Gasteiger partial charge in [-0.1, -0.05) is 30.3 Å². The summed E-state index contributed by atoms with van der Waals surface area (Å²) in [4.78, 5) is 11.8. The molecule has 1 aliphatic heterocycles. The summed E-state index contributed by atoms with van der Waals surface area (Å²) in [6, 6.07) is 7.28. The molecule has 1 unspecified atom stereocenters. The Morgan fingerprint density at radius 3 is 2.67 bits per heavy atom. The molecule has 0 bridgehead atoms. The van der Waals surface area contributed by atoms with E-state index in [9.17, 15) is 22.2 Å². The van der Waals surface area contributed by atoms with Gasteiger partial charge >= 0.3 is 12.3 Å². The van der Waals surface area contributed by atoms with Crippen LogP contribution in [0.15, 0.2) is 30.3 Å². The highest BCUT2D eigenvalue weighted by molar-refractivity contribution is 7.78. The third kappa shape index (κ3) is 4.43. The highest BCUT2D eigenvalue weighted by Crippen LogP contribution is 2.29. The van der Waals surface area contributed by atoms with E-state index in [1.54, 1.807) is 30.3 Å². The minimum absolute atomic E-state index is 0.119. The quantitative estimate of drug-likeness (QED) is 0.858. The molecule has 116 valence electrons. The first-order valence-corrected chi connectivity index (χ1v) is 7.02. The molecule has 0 aromatic heterocycles. The molecule has 21 heavy (non-hydrogen) atoms. The Kier molecular flexibility index (Phi) is 4.84. The zero-order valence-electron chi connectivity index (χ0n) is 10.7. The van der Waals surface area contributed by atoms with E-state index in [0.717, 1.165) is 0 Å². The van der Waals surface area contributed by atoms with Crippen LogP contribution in [0.3, 0.4) is 0 Å². The maximum absolute atomic E-state index is 12.4. The summed E-state index contributed by atoms with van der Waals surface area (Å²) in [5, 5.41) is 0. The molecule has 0 radical (unpaired) electrons. The van der Waals surface area contributed by atoms with Gasteiger partial charge in [0.25, 0.3) is 11.3 Å². The molecule has 1 amide bonds. The largest absolute Gasteiger partial charge is 0.444 e. The molecule has 2 rings (SSSR count). The third-order valence-electron chi connectivity index (χ3n) is 2.71. The van der Waals surface area contributed by atoms with Crippen LogP contribution in [0.4, 0.5) is 18.0 Å². The molecule has 0 saturated carbocycles. The zero-order chi connectivity index (χ0) is 15.5. The summed E-state index contributed by atoms with van der Waals surface area (Å²) in [6.07, 6.45) is -6.87. The monoisotopic (exact) mass is 323 g/mol. The highest BCUT2D eigenvalue weighted by Gasteiger charge is 2.44. The second-order valence-corrected chi connectivity index (χ2v) is 5.40. The van der Waals surface area contributed by atoms with Gasteiger partial charge in [-0.15, -0.1) is 0 Å². The van der Waals surface area contributed by atoms with E-state index in [4.69, 9.17) is 4.74 Å². The minimum atomic E-state index is -4.49. The third-order valence-corrected chi connectivity index (χ3v) is 3.81. The Morgan fingerprint density at radius 1 is 1.38 bits per heavy atom. The predicted molar refractivity (Wildman–Crippen MR) is 67.0 cm³/mol. The molecule has 0 aliphatic carbocycles. The Bertz CT molecular complexity index is 523. The van der Waals surface area contributed by atoms with Gasteiger partial charge in [0, 0.05) is 0 Å². The number of benzene rings is 1. The Morgan fingerprint density at radius 2 is 2.05 bits per heavy atom. The van der Waals surface area contributed by atoms with Gasteiger partial charge in [0.1, 0.15) is 6.61 Å². The summed E-state index contributed by atoms with van der Waals surface area (Å²) in [6.45, 7) is -0.557.